The zero-order chi connectivity index (χ0) is 13.7. The van der Waals surface area contributed by atoms with Crippen molar-refractivity contribution in [2.24, 2.45) is 0 Å². The molecule has 2 aliphatic heterocycles. The molecule has 0 fully saturated rings. The molecule has 0 N–H and O–H groups in total. The van der Waals surface area contributed by atoms with Crippen molar-refractivity contribution in [1.82, 2.24) is 0 Å². The summed E-state index contributed by atoms with van der Waals surface area (Å²) in [5.74, 6) is 2.91. The zero-order valence-electron chi connectivity index (χ0n) is 11.3. The van der Waals surface area contributed by atoms with Crippen molar-refractivity contribution in [2.45, 2.75) is 13.8 Å². The number of rotatable bonds is 1. The highest BCUT2D eigenvalue weighted by Crippen LogP contribution is 2.38. The SMILES string of the molecule is Cc1ccc2c(c1)OB(B1Oc3ccc(C)cc3O1)O2. The van der Waals surface area contributed by atoms with Gasteiger partial charge < -0.3 is 18.6 Å². The van der Waals surface area contributed by atoms with Crippen LogP contribution in [0.2, 0.25) is 0 Å². The summed E-state index contributed by atoms with van der Waals surface area (Å²) in [6.07, 6.45) is 0. The Morgan fingerprint density at radius 1 is 0.600 bits per heavy atom. The van der Waals surface area contributed by atoms with Gasteiger partial charge in [0.05, 0.1) is 0 Å². The maximum atomic E-state index is 5.76. The van der Waals surface area contributed by atoms with Crippen LogP contribution in [0.25, 0.3) is 0 Å². The van der Waals surface area contributed by atoms with Crippen LogP contribution >= 0.6 is 0 Å². The zero-order valence-corrected chi connectivity index (χ0v) is 11.3. The minimum absolute atomic E-state index is 0.584. The summed E-state index contributed by atoms with van der Waals surface area (Å²) < 4.78 is 23.0. The molecule has 4 rings (SSSR count). The van der Waals surface area contributed by atoms with Gasteiger partial charge in [0.1, 0.15) is 23.0 Å². The molecule has 98 valence electrons. The lowest BCUT2D eigenvalue weighted by molar-refractivity contribution is 0.464. The van der Waals surface area contributed by atoms with Crippen molar-refractivity contribution >= 4 is 14.0 Å². The van der Waals surface area contributed by atoms with Crippen LogP contribution in [-0.2, 0) is 0 Å². The van der Waals surface area contributed by atoms with E-state index in [2.05, 4.69) is 0 Å². The predicted molar refractivity (Wildman–Crippen MR) is 76.4 cm³/mol. The lowest BCUT2D eigenvalue weighted by atomic mass is 9.49. The first-order valence-corrected chi connectivity index (χ1v) is 6.57. The largest absolute Gasteiger partial charge is 0.658 e. The monoisotopic (exact) mass is 266 g/mol. The minimum atomic E-state index is -0.584. The summed E-state index contributed by atoms with van der Waals surface area (Å²) >= 11 is 0. The lowest BCUT2D eigenvalue weighted by Gasteiger charge is -2.06. The van der Waals surface area contributed by atoms with Crippen molar-refractivity contribution in [3.8, 4) is 23.0 Å². The van der Waals surface area contributed by atoms with Gasteiger partial charge in [-0.05, 0) is 49.2 Å². The molecule has 0 radical (unpaired) electrons. The average Bonchev–Trinajstić information content (AvgIpc) is 3.00. The van der Waals surface area contributed by atoms with Gasteiger partial charge in [-0.3, -0.25) is 0 Å². The number of benzene rings is 2. The number of aryl methyl sites for hydroxylation is 2. The third-order valence-corrected chi connectivity index (χ3v) is 3.39. The summed E-state index contributed by atoms with van der Waals surface area (Å²) in [4.78, 5) is 0. The Bertz CT molecular complexity index is 629. The molecule has 0 bridgehead atoms. The van der Waals surface area contributed by atoms with E-state index >= 15 is 0 Å². The standard InChI is InChI=1S/C14H12B2O4/c1-9-3-5-11-13(7-9)19-15(17-11)16-18-12-6-4-10(2)8-14(12)20-16/h3-8H,1-2H3. The molecular weight excluding hydrogens is 254 g/mol. The molecule has 0 spiro atoms. The van der Waals surface area contributed by atoms with Gasteiger partial charge in [0, 0.05) is 0 Å². The quantitative estimate of drug-likeness (QED) is 0.743. The molecule has 0 aromatic heterocycles. The lowest BCUT2D eigenvalue weighted by Crippen LogP contribution is -2.49. The second-order valence-electron chi connectivity index (χ2n) is 5.11. The molecule has 2 aromatic carbocycles. The van der Waals surface area contributed by atoms with Crippen LogP contribution in [-0.4, -0.2) is 14.0 Å². The van der Waals surface area contributed by atoms with Gasteiger partial charge in [0.25, 0.3) is 0 Å². The van der Waals surface area contributed by atoms with E-state index in [1.807, 2.05) is 50.2 Å². The maximum absolute atomic E-state index is 5.76. The van der Waals surface area contributed by atoms with Crippen molar-refractivity contribution < 1.29 is 18.6 Å². The second kappa shape index (κ2) is 4.13. The topological polar surface area (TPSA) is 36.9 Å². The van der Waals surface area contributed by atoms with E-state index in [0.717, 1.165) is 34.1 Å². The molecule has 0 unspecified atom stereocenters. The summed E-state index contributed by atoms with van der Waals surface area (Å²) in [6.45, 7) is 4.02. The molecule has 6 heteroatoms. The summed E-state index contributed by atoms with van der Waals surface area (Å²) in [5.41, 5.74) is 2.25. The molecule has 2 heterocycles. The molecule has 0 amide bonds. The predicted octanol–water partition coefficient (Wildman–Crippen LogP) is 2.60. The van der Waals surface area contributed by atoms with Crippen molar-refractivity contribution in [1.29, 1.82) is 0 Å². The van der Waals surface area contributed by atoms with Gasteiger partial charge in [-0.1, -0.05) is 12.1 Å². The summed E-state index contributed by atoms with van der Waals surface area (Å²) in [7, 11) is -1.17. The van der Waals surface area contributed by atoms with Gasteiger partial charge in [-0.15, -0.1) is 0 Å². The second-order valence-corrected chi connectivity index (χ2v) is 5.11. The average molecular weight is 266 g/mol. The highest BCUT2D eigenvalue weighted by atomic mass is 16.7. The van der Waals surface area contributed by atoms with E-state index < -0.39 is 14.0 Å². The van der Waals surface area contributed by atoms with E-state index in [1.165, 1.54) is 0 Å². The highest BCUT2D eigenvalue weighted by Gasteiger charge is 2.55. The molecular formula is C14H12B2O4. The van der Waals surface area contributed by atoms with E-state index in [-0.39, 0.29) is 0 Å². The van der Waals surface area contributed by atoms with Gasteiger partial charge in [0.15, 0.2) is 0 Å². The van der Waals surface area contributed by atoms with Crippen LogP contribution in [0, 0.1) is 13.8 Å². The van der Waals surface area contributed by atoms with E-state index in [1.54, 1.807) is 0 Å². The Balaban J connectivity index is 1.55. The van der Waals surface area contributed by atoms with Crippen LogP contribution < -0.4 is 18.6 Å². The van der Waals surface area contributed by atoms with Crippen LogP contribution in [0.1, 0.15) is 11.1 Å². The fourth-order valence-electron chi connectivity index (χ4n) is 2.38. The smallest absolute Gasteiger partial charge is 0.524 e. The van der Waals surface area contributed by atoms with Crippen LogP contribution in [0.15, 0.2) is 36.4 Å². The van der Waals surface area contributed by atoms with Gasteiger partial charge >= 0.3 is 14.0 Å². The third kappa shape index (κ3) is 1.80. The Morgan fingerprint density at radius 3 is 1.45 bits per heavy atom. The Kier molecular flexibility index (Phi) is 2.39. The number of hydrogen-bond acceptors (Lipinski definition) is 4. The molecule has 4 nitrogen and oxygen atoms in total. The molecule has 0 atom stereocenters. The maximum Gasteiger partial charge on any atom is 0.658 e. The van der Waals surface area contributed by atoms with Gasteiger partial charge in [0.2, 0.25) is 0 Å². The molecule has 0 saturated heterocycles. The van der Waals surface area contributed by atoms with E-state index in [9.17, 15) is 0 Å². The fraction of sp³-hybridized carbons (Fsp3) is 0.143. The van der Waals surface area contributed by atoms with Crippen molar-refractivity contribution in [3.63, 3.8) is 0 Å². The van der Waals surface area contributed by atoms with Crippen molar-refractivity contribution in [2.75, 3.05) is 0 Å². The van der Waals surface area contributed by atoms with Crippen LogP contribution in [0.4, 0.5) is 0 Å². The third-order valence-electron chi connectivity index (χ3n) is 3.39. The van der Waals surface area contributed by atoms with Crippen LogP contribution in [0.5, 0.6) is 23.0 Å². The number of hydrogen-bond donors (Lipinski definition) is 0. The molecule has 2 aliphatic rings. The Hall–Kier alpha value is -2.23. The van der Waals surface area contributed by atoms with Gasteiger partial charge in [-0.2, -0.15) is 0 Å². The van der Waals surface area contributed by atoms with Crippen LogP contribution in [0.3, 0.4) is 0 Å². The highest BCUT2D eigenvalue weighted by molar-refractivity contribution is 7.12. The first-order chi connectivity index (χ1) is 9.69. The minimum Gasteiger partial charge on any atom is -0.524 e. The first kappa shape index (κ1) is 11.6. The molecule has 0 saturated carbocycles. The molecule has 0 aliphatic carbocycles. The molecule has 20 heavy (non-hydrogen) atoms. The van der Waals surface area contributed by atoms with E-state index in [0.29, 0.717) is 0 Å². The molecule has 2 aromatic rings. The summed E-state index contributed by atoms with van der Waals surface area (Å²) in [6, 6.07) is 11.7. The Morgan fingerprint density at radius 2 is 1.00 bits per heavy atom. The fourth-order valence-corrected chi connectivity index (χ4v) is 2.38. The summed E-state index contributed by atoms with van der Waals surface area (Å²) in [5, 5.41) is 0. The Labute approximate surface area is 117 Å². The number of fused-ring (bicyclic) bond motifs is 2. The van der Waals surface area contributed by atoms with E-state index in [4.69, 9.17) is 18.6 Å². The normalized spacial score (nSPS) is 14.9. The van der Waals surface area contributed by atoms with Crippen molar-refractivity contribution in [3.05, 3.63) is 47.5 Å². The first-order valence-electron chi connectivity index (χ1n) is 6.57. The van der Waals surface area contributed by atoms with Gasteiger partial charge in [-0.25, -0.2) is 0 Å².